The molecule has 0 aliphatic carbocycles. The number of amides is 1. The van der Waals surface area contributed by atoms with Gasteiger partial charge >= 0.3 is 0 Å². The van der Waals surface area contributed by atoms with Crippen molar-refractivity contribution in [1.82, 2.24) is 15.3 Å². The van der Waals surface area contributed by atoms with E-state index >= 15 is 0 Å². The predicted molar refractivity (Wildman–Crippen MR) is 109 cm³/mol. The molecule has 0 spiro atoms. The molecule has 140 valence electrons. The fourth-order valence-electron chi connectivity index (χ4n) is 2.41. The number of hydrogen-bond acceptors (Lipinski definition) is 5. The molecule has 5 nitrogen and oxygen atoms in total. The Kier molecular flexibility index (Phi) is 7.72. The number of halogens is 1. The fourth-order valence-corrected chi connectivity index (χ4v) is 3.44. The number of aromatic nitrogens is 2. The summed E-state index contributed by atoms with van der Waals surface area (Å²) in [5.41, 5.74) is 1.76. The molecule has 0 atom stereocenters. The zero-order chi connectivity index (χ0) is 19.1. The molecule has 26 heavy (non-hydrogen) atoms. The minimum absolute atomic E-state index is 0.0544. The summed E-state index contributed by atoms with van der Waals surface area (Å²) in [5, 5.41) is 3.99. The molecule has 0 saturated carbocycles. The summed E-state index contributed by atoms with van der Waals surface area (Å²) in [4.78, 5) is 23.0. The number of nitrogens with zero attached hydrogens (tertiary/aromatic N) is 3. The van der Waals surface area contributed by atoms with Crippen LogP contribution < -0.4 is 10.2 Å². The minimum Gasteiger partial charge on any atom is -0.357 e. The van der Waals surface area contributed by atoms with Crippen molar-refractivity contribution in [2.75, 3.05) is 18.0 Å². The molecule has 1 aromatic carbocycles. The van der Waals surface area contributed by atoms with E-state index in [0.29, 0.717) is 21.6 Å². The average Bonchev–Trinajstić information content (AvgIpc) is 2.60. The summed E-state index contributed by atoms with van der Waals surface area (Å²) in [7, 11) is 0. The van der Waals surface area contributed by atoms with Gasteiger partial charge in [-0.1, -0.05) is 35.5 Å². The maximum atomic E-state index is 12.0. The number of carbonyl (C=O) groups excluding carboxylic acids is 1. The lowest BCUT2D eigenvalue weighted by atomic mass is 10.1. The summed E-state index contributed by atoms with van der Waals surface area (Å²) < 4.78 is 0. The summed E-state index contributed by atoms with van der Waals surface area (Å²) in [6.45, 7) is 9.80. The molecule has 2 rings (SSSR count). The van der Waals surface area contributed by atoms with Gasteiger partial charge in [-0.3, -0.25) is 4.79 Å². The first-order chi connectivity index (χ1) is 12.4. The van der Waals surface area contributed by atoms with E-state index < -0.39 is 0 Å². The number of carbonyl (C=O) groups is 1. The van der Waals surface area contributed by atoms with Crippen molar-refractivity contribution in [3.8, 4) is 0 Å². The summed E-state index contributed by atoms with van der Waals surface area (Å²) in [6.07, 6.45) is 0. The van der Waals surface area contributed by atoms with Gasteiger partial charge in [-0.2, -0.15) is 0 Å². The highest BCUT2D eigenvalue weighted by molar-refractivity contribution is 7.98. The second-order valence-corrected chi connectivity index (χ2v) is 7.45. The van der Waals surface area contributed by atoms with E-state index in [1.54, 1.807) is 6.07 Å². The lowest BCUT2D eigenvalue weighted by Crippen LogP contribution is -2.29. The van der Waals surface area contributed by atoms with Crippen LogP contribution in [0.15, 0.2) is 35.5 Å². The highest BCUT2D eigenvalue weighted by Crippen LogP contribution is 2.24. The van der Waals surface area contributed by atoms with Crippen molar-refractivity contribution in [2.24, 2.45) is 0 Å². The quantitative estimate of drug-likeness (QED) is 0.409. The lowest BCUT2D eigenvalue weighted by molar-refractivity contribution is 0.0943. The third kappa shape index (κ3) is 5.88. The Bertz CT molecular complexity index is 733. The van der Waals surface area contributed by atoms with E-state index in [9.17, 15) is 4.79 Å². The maximum absolute atomic E-state index is 12.0. The van der Waals surface area contributed by atoms with Crippen LogP contribution in [0, 0.1) is 0 Å². The van der Waals surface area contributed by atoms with Crippen LogP contribution in [0.2, 0.25) is 5.15 Å². The monoisotopic (exact) mass is 392 g/mol. The Hall–Kier alpha value is -1.79. The first-order valence-electron chi connectivity index (χ1n) is 8.75. The van der Waals surface area contributed by atoms with Crippen LogP contribution in [0.25, 0.3) is 0 Å². The second kappa shape index (κ2) is 9.78. The van der Waals surface area contributed by atoms with Crippen LogP contribution in [0.5, 0.6) is 0 Å². The average molecular weight is 393 g/mol. The number of nitrogens with one attached hydrogen (secondary N) is 1. The van der Waals surface area contributed by atoms with Crippen molar-refractivity contribution in [1.29, 1.82) is 0 Å². The van der Waals surface area contributed by atoms with Gasteiger partial charge in [0, 0.05) is 36.5 Å². The van der Waals surface area contributed by atoms with E-state index in [1.165, 1.54) is 11.8 Å². The van der Waals surface area contributed by atoms with Crippen molar-refractivity contribution in [2.45, 2.75) is 44.6 Å². The number of benzene rings is 1. The Labute approximate surface area is 164 Å². The number of rotatable bonds is 8. The minimum atomic E-state index is -0.0544. The molecular formula is C19H25ClN4OS. The molecule has 0 unspecified atom stereocenters. The third-order valence-electron chi connectivity index (χ3n) is 3.75. The normalized spacial score (nSPS) is 10.8. The molecule has 7 heteroatoms. The molecule has 1 N–H and O–H groups in total. The zero-order valence-electron chi connectivity index (χ0n) is 15.6. The Morgan fingerprint density at radius 1 is 1.19 bits per heavy atom. The molecule has 0 fully saturated rings. The fraction of sp³-hybridized carbons (Fsp3) is 0.421. The first kappa shape index (κ1) is 20.5. The molecule has 0 bridgehead atoms. The van der Waals surface area contributed by atoms with E-state index in [1.807, 2.05) is 38.1 Å². The van der Waals surface area contributed by atoms with Crippen LogP contribution in [-0.4, -0.2) is 35.0 Å². The number of anilines is 1. The largest absolute Gasteiger partial charge is 0.357 e. The number of thioether (sulfide) groups is 1. The first-order valence-corrected chi connectivity index (χ1v) is 10.1. The van der Waals surface area contributed by atoms with Gasteiger partial charge in [0.15, 0.2) is 5.16 Å². The van der Waals surface area contributed by atoms with Gasteiger partial charge in [0.2, 0.25) is 0 Å². The topological polar surface area (TPSA) is 58.1 Å². The van der Waals surface area contributed by atoms with Crippen LogP contribution in [0.4, 0.5) is 5.82 Å². The van der Waals surface area contributed by atoms with Crippen LogP contribution in [0.1, 0.15) is 43.6 Å². The molecule has 0 saturated heterocycles. The van der Waals surface area contributed by atoms with Crippen LogP contribution in [0.3, 0.4) is 0 Å². The standard InChI is InChI=1S/C19H25ClN4OS/c1-5-24(6-2)17-11-16(20)22-19(23-17)26-12-14-7-9-15(10-8-14)18(25)21-13(3)4/h7-11,13H,5-6,12H2,1-4H3,(H,21,25). The highest BCUT2D eigenvalue weighted by Gasteiger charge is 2.10. The van der Waals surface area contributed by atoms with Gasteiger partial charge in [-0.25, -0.2) is 9.97 Å². The molecule has 0 radical (unpaired) electrons. The number of hydrogen-bond donors (Lipinski definition) is 1. The Morgan fingerprint density at radius 2 is 1.85 bits per heavy atom. The van der Waals surface area contributed by atoms with Crippen molar-refractivity contribution in [3.05, 3.63) is 46.6 Å². The van der Waals surface area contributed by atoms with Gasteiger partial charge in [-0.05, 0) is 45.4 Å². The SMILES string of the molecule is CCN(CC)c1cc(Cl)nc(SCc2ccc(C(=O)NC(C)C)cc2)n1. The summed E-state index contributed by atoms with van der Waals surface area (Å²) in [6, 6.07) is 9.51. The smallest absolute Gasteiger partial charge is 0.251 e. The summed E-state index contributed by atoms with van der Waals surface area (Å²) >= 11 is 7.68. The maximum Gasteiger partial charge on any atom is 0.251 e. The Morgan fingerprint density at radius 3 is 2.42 bits per heavy atom. The zero-order valence-corrected chi connectivity index (χ0v) is 17.2. The van der Waals surface area contributed by atoms with E-state index in [0.717, 1.165) is 24.5 Å². The van der Waals surface area contributed by atoms with E-state index in [-0.39, 0.29) is 11.9 Å². The molecule has 1 heterocycles. The van der Waals surface area contributed by atoms with Crippen LogP contribution in [-0.2, 0) is 5.75 Å². The van der Waals surface area contributed by atoms with Crippen LogP contribution >= 0.6 is 23.4 Å². The van der Waals surface area contributed by atoms with Crippen molar-refractivity contribution < 1.29 is 4.79 Å². The molecular weight excluding hydrogens is 368 g/mol. The van der Waals surface area contributed by atoms with Gasteiger partial charge < -0.3 is 10.2 Å². The highest BCUT2D eigenvalue weighted by atomic mass is 35.5. The third-order valence-corrected chi connectivity index (χ3v) is 4.86. The van der Waals surface area contributed by atoms with E-state index in [4.69, 9.17) is 11.6 Å². The molecule has 2 aromatic rings. The van der Waals surface area contributed by atoms with Gasteiger partial charge in [-0.15, -0.1) is 0 Å². The van der Waals surface area contributed by atoms with E-state index in [2.05, 4.69) is 34.0 Å². The summed E-state index contributed by atoms with van der Waals surface area (Å²) in [5.74, 6) is 1.50. The second-order valence-electron chi connectivity index (χ2n) is 6.12. The van der Waals surface area contributed by atoms with Gasteiger partial charge in [0.1, 0.15) is 11.0 Å². The van der Waals surface area contributed by atoms with Gasteiger partial charge in [0.25, 0.3) is 5.91 Å². The lowest BCUT2D eigenvalue weighted by Gasteiger charge is -2.20. The predicted octanol–water partition coefficient (Wildman–Crippen LogP) is 4.41. The Balaban J connectivity index is 2.03. The molecule has 0 aliphatic heterocycles. The van der Waals surface area contributed by atoms with Crippen molar-refractivity contribution >= 4 is 35.1 Å². The van der Waals surface area contributed by atoms with Crippen molar-refractivity contribution in [3.63, 3.8) is 0 Å². The molecule has 0 aliphatic rings. The molecule has 1 aromatic heterocycles. The van der Waals surface area contributed by atoms with Gasteiger partial charge in [0.05, 0.1) is 0 Å². The molecule has 1 amide bonds.